The van der Waals surface area contributed by atoms with Gasteiger partial charge in [-0.15, -0.1) is 0 Å². The van der Waals surface area contributed by atoms with Gasteiger partial charge in [0.05, 0.1) is 19.9 Å². The molecule has 0 aliphatic carbocycles. The number of benzene rings is 2. The first-order valence-corrected chi connectivity index (χ1v) is 7.34. The molecule has 0 spiro atoms. The molecule has 3 nitrogen and oxygen atoms in total. The van der Waals surface area contributed by atoms with Crippen LogP contribution in [0, 0.1) is 0 Å². The largest absolute Gasteiger partial charge is 0.493 e. The Kier molecular flexibility index (Phi) is 4.24. The van der Waals surface area contributed by atoms with Gasteiger partial charge in [-0.25, -0.2) is 0 Å². The van der Waals surface area contributed by atoms with Crippen LogP contribution in [0.4, 0.5) is 0 Å². The van der Waals surface area contributed by atoms with E-state index in [1.807, 2.05) is 24.3 Å². The zero-order chi connectivity index (χ0) is 15.4. The molecule has 1 aliphatic rings. The van der Waals surface area contributed by atoms with Gasteiger partial charge >= 0.3 is 0 Å². The number of hydrogen-bond acceptors (Lipinski definition) is 3. The number of allylic oxidation sites excluding steroid dienone is 1. The monoisotopic (exact) mass is 293 g/mol. The smallest absolute Gasteiger partial charge is 0.161 e. The molecule has 3 heteroatoms. The summed E-state index contributed by atoms with van der Waals surface area (Å²) in [4.78, 5) is 4.65. The van der Waals surface area contributed by atoms with Crippen LogP contribution in [-0.4, -0.2) is 26.5 Å². The van der Waals surface area contributed by atoms with Gasteiger partial charge in [0, 0.05) is 12.1 Å². The summed E-state index contributed by atoms with van der Waals surface area (Å²) in [5, 5.41) is 0. The Labute approximate surface area is 130 Å². The Morgan fingerprint density at radius 2 is 1.68 bits per heavy atom. The highest BCUT2D eigenvalue weighted by molar-refractivity contribution is 6.12. The van der Waals surface area contributed by atoms with Gasteiger partial charge in [0.15, 0.2) is 11.5 Å². The molecule has 0 N–H and O–H groups in total. The number of rotatable bonds is 4. The molecule has 0 saturated heterocycles. The molecule has 0 atom stereocenters. The van der Waals surface area contributed by atoms with Crippen LogP contribution in [0.1, 0.15) is 16.7 Å². The van der Waals surface area contributed by atoms with Crippen LogP contribution >= 0.6 is 0 Å². The summed E-state index contributed by atoms with van der Waals surface area (Å²) in [7, 11) is 3.32. The molecule has 0 radical (unpaired) electrons. The number of hydrogen-bond donors (Lipinski definition) is 0. The lowest BCUT2D eigenvalue weighted by Crippen LogP contribution is -2.11. The van der Waals surface area contributed by atoms with Crippen LogP contribution < -0.4 is 9.47 Å². The molecular weight excluding hydrogens is 274 g/mol. The zero-order valence-corrected chi connectivity index (χ0v) is 12.9. The lowest BCUT2D eigenvalue weighted by molar-refractivity contribution is 0.354. The van der Waals surface area contributed by atoms with E-state index in [0.29, 0.717) is 0 Å². The van der Waals surface area contributed by atoms with Crippen molar-refractivity contribution < 1.29 is 9.47 Å². The van der Waals surface area contributed by atoms with Crippen molar-refractivity contribution >= 4 is 11.8 Å². The van der Waals surface area contributed by atoms with Crippen LogP contribution in [0.25, 0.3) is 6.08 Å². The number of nitrogens with zero attached hydrogens (tertiary/aromatic N) is 1. The van der Waals surface area contributed by atoms with Gasteiger partial charge in [-0.2, -0.15) is 0 Å². The van der Waals surface area contributed by atoms with Crippen LogP contribution in [0.2, 0.25) is 0 Å². The first kappa shape index (κ1) is 14.4. The van der Waals surface area contributed by atoms with Crippen molar-refractivity contribution in [3.8, 4) is 11.5 Å². The minimum Gasteiger partial charge on any atom is -0.493 e. The minimum atomic E-state index is 0.740. The summed E-state index contributed by atoms with van der Waals surface area (Å²) in [5.41, 5.74) is 4.53. The number of fused-ring (bicyclic) bond motifs is 1. The highest BCUT2D eigenvalue weighted by atomic mass is 16.5. The van der Waals surface area contributed by atoms with Crippen LogP contribution in [0.3, 0.4) is 0 Å². The van der Waals surface area contributed by atoms with Crippen molar-refractivity contribution in [1.82, 2.24) is 0 Å². The molecule has 0 amide bonds. The van der Waals surface area contributed by atoms with Gasteiger partial charge in [0.25, 0.3) is 0 Å². The van der Waals surface area contributed by atoms with Crippen molar-refractivity contribution in [2.45, 2.75) is 6.42 Å². The molecule has 0 bridgehead atoms. The highest BCUT2D eigenvalue weighted by Crippen LogP contribution is 2.32. The SMILES string of the molecule is COc1cc2c(cc1OC)C(/C=C/c1ccccc1)=NCC2. The van der Waals surface area contributed by atoms with E-state index >= 15 is 0 Å². The first-order valence-electron chi connectivity index (χ1n) is 7.34. The van der Waals surface area contributed by atoms with Gasteiger partial charge in [0.1, 0.15) is 0 Å². The molecular formula is C19H19NO2. The van der Waals surface area contributed by atoms with Gasteiger partial charge in [-0.1, -0.05) is 36.4 Å². The molecule has 2 aromatic carbocycles. The lowest BCUT2D eigenvalue weighted by atomic mass is 9.96. The van der Waals surface area contributed by atoms with E-state index in [1.165, 1.54) is 5.56 Å². The first-order chi connectivity index (χ1) is 10.8. The molecule has 2 aromatic rings. The predicted octanol–water partition coefficient (Wildman–Crippen LogP) is 3.76. The second-order valence-corrected chi connectivity index (χ2v) is 5.13. The predicted molar refractivity (Wildman–Crippen MR) is 90.1 cm³/mol. The molecule has 0 unspecified atom stereocenters. The summed E-state index contributed by atoms with van der Waals surface area (Å²) in [6.45, 7) is 0.803. The number of aliphatic imine (C=N–C) groups is 1. The Bertz CT molecular complexity index is 718. The summed E-state index contributed by atoms with van der Waals surface area (Å²) in [5.74, 6) is 1.51. The summed E-state index contributed by atoms with van der Waals surface area (Å²) < 4.78 is 10.8. The van der Waals surface area contributed by atoms with E-state index in [4.69, 9.17) is 9.47 Å². The van der Waals surface area contributed by atoms with Crippen molar-refractivity contribution in [3.05, 3.63) is 65.2 Å². The second-order valence-electron chi connectivity index (χ2n) is 5.13. The fraction of sp³-hybridized carbons (Fsp3) is 0.211. The van der Waals surface area contributed by atoms with Gasteiger partial charge < -0.3 is 9.47 Å². The second kappa shape index (κ2) is 6.48. The van der Waals surface area contributed by atoms with Gasteiger partial charge in [-0.3, -0.25) is 4.99 Å². The third kappa shape index (κ3) is 2.89. The maximum Gasteiger partial charge on any atom is 0.161 e. The van der Waals surface area contributed by atoms with Crippen LogP contribution in [0.5, 0.6) is 11.5 Å². The Morgan fingerprint density at radius 3 is 2.41 bits per heavy atom. The summed E-state index contributed by atoms with van der Waals surface area (Å²) in [6, 6.07) is 14.3. The highest BCUT2D eigenvalue weighted by Gasteiger charge is 2.16. The maximum absolute atomic E-state index is 5.41. The summed E-state index contributed by atoms with van der Waals surface area (Å²) in [6.07, 6.45) is 5.09. The molecule has 3 rings (SSSR count). The quantitative estimate of drug-likeness (QED) is 0.859. The van der Waals surface area contributed by atoms with Crippen LogP contribution in [-0.2, 0) is 6.42 Å². The molecule has 0 fully saturated rings. The fourth-order valence-electron chi connectivity index (χ4n) is 2.63. The van der Waals surface area contributed by atoms with Crippen molar-refractivity contribution in [3.63, 3.8) is 0 Å². The lowest BCUT2D eigenvalue weighted by Gasteiger charge is -2.18. The molecule has 112 valence electrons. The van der Waals surface area contributed by atoms with Crippen molar-refractivity contribution in [2.24, 2.45) is 4.99 Å². The number of ether oxygens (including phenoxy) is 2. The van der Waals surface area contributed by atoms with E-state index in [0.717, 1.165) is 41.3 Å². The van der Waals surface area contributed by atoms with Gasteiger partial charge in [0.2, 0.25) is 0 Å². The Balaban J connectivity index is 1.96. The van der Waals surface area contributed by atoms with E-state index in [9.17, 15) is 0 Å². The molecule has 1 aliphatic heterocycles. The zero-order valence-electron chi connectivity index (χ0n) is 12.9. The molecule has 1 heterocycles. The summed E-state index contributed by atoms with van der Waals surface area (Å²) >= 11 is 0. The third-order valence-corrected chi connectivity index (χ3v) is 3.78. The fourth-order valence-corrected chi connectivity index (χ4v) is 2.63. The van der Waals surface area contributed by atoms with E-state index in [-0.39, 0.29) is 0 Å². The minimum absolute atomic E-state index is 0.740. The van der Waals surface area contributed by atoms with E-state index in [2.05, 4.69) is 35.3 Å². The molecule has 22 heavy (non-hydrogen) atoms. The van der Waals surface area contributed by atoms with Crippen molar-refractivity contribution in [1.29, 1.82) is 0 Å². The number of methoxy groups -OCH3 is 2. The van der Waals surface area contributed by atoms with E-state index in [1.54, 1.807) is 14.2 Å². The average molecular weight is 293 g/mol. The average Bonchev–Trinajstić information content (AvgIpc) is 2.59. The molecule has 0 saturated carbocycles. The van der Waals surface area contributed by atoms with E-state index < -0.39 is 0 Å². The topological polar surface area (TPSA) is 30.8 Å². The maximum atomic E-state index is 5.41. The van der Waals surface area contributed by atoms with Crippen molar-refractivity contribution in [2.75, 3.05) is 20.8 Å². The standard InChI is InChI=1S/C19H19NO2/c1-21-18-12-15-10-11-20-17(16(15)13-19(18)22-2)9-8-14-6-4-3-5-7-14/h3-9,12-13H,10-11H2,1-2H3/b9-8+. The normalized spacial score (nSPS) is 13.6. The van der Waals surface area contributed by atoms with Gasteiger partial charge in [-0.05, 0) is 35.8 Å². The Hall–Kier alpha value is -2.55. The van der Waals surface area contributed by atoms with Crippen LogP contribution in [0.15, 0.2) is 53.5 Å². The molecule has 0 aromatic heterocycles. The Morgan fingerprint density at radius 1 is 0.955 bits per heavy atom. The third-order valence-electron chi connectivity index (χ3n) is 3.78.